The van der Waals surface area contributed by atoms with Gasteiger partial charge in [-0.2, -0.15) is 0 Å². The summed E-state index contributed by atoms with van der Waals surface area (Å²) in [5, 5.41) is 1.91. The average molecular weight is 385 g/mol. The van der Waals surface area contributed by atoms with Crippen molar-refractivity contribution in [1.82, 2.24) is 4.98 Å². The Bertz CT molecular complexity index is 1070. The van der Waals surface area contributed by atoms with Gasteiger partial charge in [-0.25, -0.2) is 18.3 Å². The maximum atomic E-state index is 12.5. The van der Waals surface area contributed by atoms with E-state index in [1.54, 1.807) is 29.6 Å². The largest absolute Gasteiger partial charge is 0.268 e. The lowest BCUT2D eigenvalue weighted by atomic mass is 10.1. The number of carbonyl (C=O) groups excluding carboxylic acids is 2. The zero-order chi connectivity index (χ0) is 18.3. The predicted molar refractivity (Wildman–Crippen MR) is 96.9 cm³/mol. The molecule has 0 aliphatic carbocycles. The van der Waals surface area contributed by atoms with Crippen LogP contribution in [0.4, 0.5) is 10.8 Å². The van der Waals surface area contributed by atoms with Gasteiger partial charge in [0.05, 0.1) is 21.7 Å². The van der Waals surface area contributed by atoms with E-state index in [0.29, 0.717) is 16.8 Å². The number of imide groups is 1. The van der Waals surface area contributed by atoms with E-state index in [9.17, 15) is 18.0 Å². The Hall–Kier alpha value is -3.04. The molecule has 1 aromatic heterocycles. The number of hydrogen-bond donors (Lipinski definition) is 1. The van der Waals surface area contributed by atoms with Gasteiger partial charge in [0.15, 0.2) is 5.13 Å². The Morgan fingerprint density at radius 1 is 0.923 bits per heavy atom. The summed E-state index contributed by atoms with van der Waals surface area (Å²) in [6.45, 7) is 0. The molecule has 7 nitrogen and oxygen atoms in total. The maximum absolute atomic E-state index is 12.5. The average Bonchev–Trinajstić information content (AvgIpc) is 3.22. The molecule has 0 atom stereocenters. The summed E-state index contributed by atoms with van der Waals surface area (Å²) in [5.74, 6) is -0.857. The summed E-state index contributed by atoms with van der Waals surface area (Å²) in [6.07, 6.45) is 1.49. The van der Waals surface area contributed by atoms with Gasteiger partial charge >= 0.3 is 0 Å². The molecule has 0 radical (unpaired) electrons. The molecule has 2 heterocycles. The lowest BCUT2D eigenvalue weighted by Crippen LogP contribution is -2.29. The van der Waals surface area contributed by atoms with Crippen LogP contribution in [0.1, 0.15) is 20.7 Å². The van der Waals surface area contributed by atoms with E-state index in [2.05, 4.69) is 9.71 Å². The van der Waals surface area contributed by atoms with Gasteiger partial charge in [-0.15, -0.1) is 11.3 Å². The highest BCUT2D eigenvalue weighted by Crippen LogP contribution is 2.29. The molecule has 130 valence electrons. The third-order valence-corrected chi connectivity index (χ3v) is 6.03. The standard InChI is InChI=1S/C17H11N3O4S2/c21-15-13-3-1-2-4-14(13)16(22)20(15)11-5-7-12(8-6-11)26(23,24)19-17-18-9-10-25-17/h1-10H,(H,18,19). The van der Waals surface area contributed by atoms with Crippen LogP contribution in [0.15, 0.2) is 65.0 Å². The fourth-order valence-corrected chi connectivity index (χ4v) is 4.43. The molecule has 4 rings (SSSR count). The predicted octanol–water partition coefficient (Wildman–Crippen LogP) is 2.74. The Labute approximate surface area is 153 Å². The number of thiazole rings is 1. The monoisotopic (exact) mass is 385 g/mol. The quantitative estimate of drug-likeness (QED) is 0.697. The van der Waals surface area contributed by atoms with Gasteiger partial charge in [-0.05, 0) is 36.4 Å². The van der Waals surface area contributed by atoms with Crippen molar-refractivity contribution in [1.29, 1.82) is 0 Å². The first-order valence-electron chi connectivity index (χ1n) is 7.47. The second-order valence-corrected chi connectivity index (χ2v) is 8.00. The van der Waals surface area contributed by atoms with Gasteiger partial charge in [0.1, 0.15) is 0 Å². The minimum absolute atomic E-state index is 0.00746. The van der Waals surface area contributed by atoms with Crippen LogP contribution in [0, 0.1) is 0 Å². The smallest absolute Gasteiger partial charge is 0.266 e. The Kier molecular flexibility index (Phi) is 3.82. The van der Waals surface area contributed by atoms with Crippen LogP contribution in [-0.4, -0.2) is 25.2 Å². The lowest BCUT2D eigenvalue weighted by Gasteiger charge is -2.14. The van der Waals surface area contributed by atoms with Gasteiger partial charge in [-0.3, -0.25) is 14.3 Å². The summed E-state index contributed by atoms with van der Waals surface area (Å²) in [7, 11) is -3.79. The minimum Gasteiger partial charge on any atom is -0.268 e. The van der Waals surface area contributed by atoms with Crippen LogP contribution >= 0.6 is 11.3 Å². The first kappa shape index (κ1) is 16.4. The van der Waals surface area contributed by atoms with E-state index < -0.39 is 21.8 Å². The second kappa shape index (κ2) is 6.04. The molecule has 2 amide bonds. The molecule has 0 spiro atoms. The van der Waals surface area contributed by atoms with E-state index in [1.165, 1.54) is 30.5 Å². The topological polar surface area (TPSA) is 96.4 Å². The summed E-state index contributed by atoms with van der Waals surface area (Å²) in [4.78, 5) is 29.9. The van der Waals surface area contributed by atoms with Crippen LogP contribution in [0.3, 0.4) is 0 Å². The van der Waals surface area contributed by atoms with Crippen LogP contribution in [-0.2, 0) is 10.0 Å². The summed E-state index contributed by atoms with van der Waals surface area (Å²) in [6, 6.07) is 12.1. The zero-order valence-corrected chi connectivity index (χ0v) is 14.8. The maximum Gasteiger partial charge on any atom is 0.266 e. The number of sulfonamides is 1. The number of carbonyl (C=O) groups is 2. The van der Waals surface area contributed by atoms with Crippen LogP contribution in [0.25, 0.3) is 0 Å². The molecule has 3 aromatic rings. The third kappa shape index (κ3) is 2.67. The number of aromatic nitrogens is 1. The summed E-state index contributed by atoms with van der Waals surface area (Å²) in [5.41, 5.74) is 0.976. The fourth-order valence-electron chi connectivity index (χ4n) is 2.65. The van der Waals surface area contributed by atoms with Gasteiger partial charge in [0, 0.05) is 11.6 Å². The third-order valence-electron chi connectivity index (χ3n) is 3.85. The lowest BCUT2D eigenvalue weighted by molar-refractivity contribution is 0.0926. The number of nitrogens with one attached hydrogen (secondary N) is 1. The SMILES string of the molecule is O=C1c2ccccc2C(=O)N1c1ccc(S(=O)(=O)Nc2nccs2)cc1. The molecular formula is C17H11N3O4S2. The summed E-state index contributed by atoms with van der Waals surface area (Å²) >= 11 is 1.16. The minimum atomic E-state index is -3.79. The first-order valence-corrected chi connectivity index (χ1v) is 9.84. The molecule has 9 heteroatoms. The number of benzene rings is 2. The van der Waals surface area contributed by atoms with Gasteiger partial charge in [0.25, 0.3) is 21.8 Å². The molecule has 0 fully saturated rings. The van der Waals surface area contributed by atoms with Crippen molar-refractivity contribution in [3.05, 3.63) is 71.2 Å². The van der Waals surface area contributed by atoms with Crippen molar-refractivity contribution >= 4 is 44.0 Å². The van der Waals surface area contributed by atoms with Crippen LogP contribution < -0.4 is 9.62 Å². The first-order chi connectivity index (χ1) is 12.5. The van der Waals surface area contributed by atoms with Crippen LogP contribution in [0.2, 0.25) is 0 Å². The molecule has 1 aliphatic heterocycles. The van der Waals surface area contributed by atoms with Crippen molar-refractivity contribution in [2.45, 2.75) is 4.90 Å². The molecule has 1 N–H and O–H groups in total. The van der Waals surface area contributed by atoms with Crippen molar-refractivity contribution < 1.29 is 18.0 Å². The molecular weight excluding hydrogens is 374 g/mol. The number of anilines is 2. The van der Waals surface area contributed by atoms with E-state index in [4.69, 9.17) is 0 Å². The molecule has 1 aliphatic rings. The Balaban J connectivity index is 1.63. The number of fused-ring (bicyclic) bond motifs is 1. The number of rotatable bonds is 4. The number of amides is 2. The molecule has 26 heavy (non-hydrogen) atoms. The zero-order valence-electron chi connectivity index (χ0n) is 13.1. The van der Waals surface area contributed by atoms with Crippen molar-refractivity contribution in [3.63, 3.8) is 0 Å². The highest BCUT2D eigenvalue weighted by molar-refractivity contribution is 7.93. The van der Waals surface area contributed by atoms with Crippen molar-refractivity contribution in [2.24, 2.45) is 0 Å². The van der Waals surface area contributed by atoms with Gasteiger partial charge in [-0.1, -0.05) is 12.1 Å². The van der Waals surface area contributed by atoms with Gasteiger partial charge in [0.2, 0.25) is 0 Å². The van der Waals surface area contributed by atoms with Crippen molar-refractivity contribution in [2.75, 3.05) is 9.62 Å². The van der Waals surface area contributed by atoms with Crippen molar-refractivity contribution in [3.8, 4) is 0 Å². The molecule has 0 saturated heterocycles. The molecule has 0 bridgehead atoms. The van der Waals surface area contributed by atoms with Crippen LogP contribution in [0.5, 0.6) is 0 Å². The Morgan fingerprint density at radius 3 is 2.08 bits per heavy atom. The van der Waals surface area contributed by atoms with E-state index in [1.807, 2.05) is 0 Å². The molecule has 0 saturated carbocycles. The van der Waals surface area contributed by atoms with Gasteiger partial charge < -0.3 is 0 Å². The molecule has 0 unspecified atom stereocenters. The normalized spacial score (nSPS) is 13.8. The highest BCUT2D eigenvalue weighted by atomic mass is 32.2. The number of nitrogens with zero attached hydrogens (tertiary/aromatic N) is 2. The summed E-state index contributed by atoms with van der Waals surface area (Å²) < 4.78 is 27.1. The highest BCUT2D eigenvalue weighted by Gasteiger charge is 2.36. The molecule has 2 aromatic carbocycles. The van der Waals surface area contributed by atoms with E-state index in [0.717, 1.165) is 16.2 Å². The fraction of sp³-hybridized carbons (Fsp3) is 0. The van der Waals surface area contributed by atoms with E-state index in [-0.39, 0.29) is 10.0 Å². The number of hydrogen-bond acceptors (Lipinski definition) is 6. The second-order valence-electron chi connectivity index (χ2n) is 5.43. The van der Waals surface area contributed by atoms with E-state index >= 15 is 0 Å². The Morgan fingerprint density at radius 2 is 1.54 bits per heavy atom.